The average Bonchev–Trinajstić information content (AvgIpc) is 3.24. The molecule has 0 radical (unpaired) electrons. The number of primary amides is 1. The lowest BCUT2D eigenvalue weighted by Gasteiger charge is -2.17. The fourth-order valence-corrected chi connectivity index (χ4v) is 4.11. The second-order valence-electron chi connectivity index (χ2n) is 8.34. The van der Waals surface area contributed by atoms with Gasteiger partial charge in [0.2, 0.25) is 5.91 Å². The summed E-state index contributed by atoms with van der Waals surface area (Å²) in [6.45, 7) is 4.05. The molecule has 3 N–H and O–H groups in total. The number of anilines is 1. The molecular weight excluding hydrogens is 370 g/mol. The maximum absolute atomic E-state index is 13.0. The lowest BCUT2D eigenvalue weighted by molar-refractivity contribution is -0.119. The number of hydrogen-bond acceptors (Lipinski definition) is 5. The number of carbonyl (C=O) groups is 2. The average molecular weight is 391 g/mol. The number of nitrogens with zero attached hydrogens (tertiary/aromatic N) is 3. The van der Waals surface area contributed by atoms with Gasteiger partial charge in [-0.05, 0) is 49.9 Å². The molecule has 1 saturated carbocycles. The summed E-state index contributed by atoms with van der Waals surface area (Å²) < 4.78 is 7.60. The van der Waals surface area contributed by atoms with Gasteiger partial charge in [-0.1, -0.05) is 0 Å². The molecule has 3 heterocycles. The van der Waals surface area contributed by atoms with E-state index in [0.717, 1.165) is 23.3 Å². The fraction of sp³-hybridized carbons (Fsp3) is 0.333. The highest BCUT2D eigenvalue weighted by atomic mass is 16.5. The summed E-state index contributed by atoms with van der Waals surface area (Å²) in [5, 5.41) is 7.18. The van der Waals surface area contributed by atoms with Crippen LogP contribution in [-0.2, 0) is 11.2 Å². The van der Waals surface area contributed by atoms with Crippen LogP contribution in [0.5, 0.6) is 5.75 Å². The van der Waals surface area contributed by atoms with Gasteiger partial charge in [-0.15, -0.1) is 0 Å². The van der Waals surface area contributed by atoms with Crippen LogP contribution in [0.4, 0.5) is 5.69 Å². The summed E-state index contributed by atoms with van der Waals surface area (Å²) in [5.74, 6) is -0.0369. The first-order valence-corrected chi connectivity index (χ1v) is 9.57. The monoisotopic (exact) mass is 391 g/mol. The first-order chi connectivity index (χ1) is 13.8. The SMILES string of the molecule is CC1(C)Cc2cc(NC(=O)c3cnn4cccnc34)c(C3C[C@H]3C(N)=O)cc2O1. The molecule has 2 amide bonds. The normalized spacial score (nSPS) is 21.4. The van der Waals surface area contributed by atoms with Crippen molar-refractivity contribution in [1.29, 1.82) is 0 Å². The molecule has 1 aliphatic carbocycles. The number of amides is 2. The number of rotatable bonds is 4. The molecule has 8 heteroatoms. The van der Waals surface area contributed by atoms with Crippen molar-refractivity contribution >= 4 is 23.1 Å². The van der Waals surface area contributed by atoms with Crippen LogP contribution in [0.15, 0.2) is 36.8 Å². The summed E-state index contributed by atoms with van der Waals surface area (Å²) in [5.41, 5.74) is 8.65. The number of ether oxygens (including phenoxy) is 1. The lowest BCUT2D eigenvalue weighted by Crippen LogP contribution is -2.24. The summed E-state index contributed by atoms with van der Waals surface area (Å²) in [4.78, 5) is 28.9. The van der Waals surface area contributed by atoms with Gasteiger partial charge in [-0.3, -0.25) is 9.59 Å². The largest absolute Gasteiger partial charge is 0.487 e. The van der Waals surface area contributed by atoms with Gasteiger partial charge in [0.25, 0.3) is 5.91 Å². The minimum absolute atomic E-state index is 0.0116. The van der Waals surface area contributed by atoms with E-state index in [2.05, 4.69) is 15.4 Å². The van der Waals surface area contributed by atoms with E-state index in [0.29, 0.717) is 23.3 Å². The van der Waals surface area contributed by atoms with Crippen LogP contribution in [0.2, 0.25) is 0 Å². The van der Waals surface area contributed by atoms with Crippen LogP contribution in [0.25, 0.3) is 5.65 Å². The minimum Gasteiger partial charge on any atom is -0.487 e. The van der Waals surface area contributed by atoms with E-state index in [1.807, 2.05) is 26.0 Å². The van der Waals surface area contributed by atoms with Crippen molar-refractivity contribution in [1.82, 2.24) is 14.6 Å². The van der Waals surface area contributed by atoms with Crippen LogP contribution in [-0.4, -0.2) is 32.0 Å². The topological polar surface area (TPSA) is 112 Å². The maximum atomic E-state index is 13.0. The van der Waals surface area contributed by atoms with Crippen molar-refractivity contribution in [3.8, 4) is 5.75 Å². The Morgan fingerprint density at radius 3 is 2.93 bits per heavy atom. The van der Waals surface area contributed by atoms with E-state index in [1.54, 1.807) is 23.0 Å². The van der Waals surface area contributed by atoms with Gasteiger partial charge >= 0.3 is 0 Å². The van der Waals surface area contributed by atoms with Crippen molar-refractivity contribution < 1.29 is 14.3 Å². The van der Waals surface area contributed by atoms with Gasteiger partial charge in [0.15, 0.2) is 5.65 Å². The Labute approximate surface area is 167 Å². The Morgan fingerprint density at radius 2 is 2.17 bits per heavy atom. The van der Waals surface area contributed by atoms with Gasteiger partial charge in [0.1, 0.15) is 16.9 Å². The standard InChI is InChI=1S/C21H21N5O3/c1-21(2)9-11-6-16(13(8-17(11)29-21)12-7-14(12)18(22)27)25-20(28)15-10-24-26-5-3-4-23-19(15)26/h3-6,8,10,12,14H,7,9H2,1-2H3,(H2,22,27)(H,25,28)/t12?,14-/m1/s1. The number of carbonyl (C=O) groups excluding carboxylic acids is 2. The quantitative estimate of drug-likeness (QED) is 0.709. The van der Waals surface area contributed by atoms with Crippen molar-refractivity contribution in [3.63, 3.8) is 0 Å². The minimum atomic E-state index is -0.319. The van der Waals surface area contributed by atoms with Gasteiger partial charge in [0, 0.05) is 36.0 Å². The molecule has 3 aromatic rings. The number of fused-ring (bicyclic) bond motifs is 2. The highest BCUT2D eigenvalue weighted by molar-refractivity contribution is 6.08. The van der Waals surface area contributed by atoms with Crippen LogP contribution in [0, 0.1) is 5.92 Å². The molecule has 1 aliphatic heterocycles. The van der Waals surface area contributed by atoms with Gasteiger partial charge < -0.3 is 15.8 Å². The van der Waals surface area contributed by atoms with E-state index in [-0.39, 0.29) is 29.3 Å². The molecule has 2 atom stereocenters. The smallest absolute Gasteiger partial charge is 0.261 e. The molecule has 148 valence electrons. The fourth-order valence-electron chi connectivity index (χ4n) is 4.11. The Morgan fingerprint density at radius 1 is 1.34 bits per heavy atom. The summed E-state index contributed by atoms with van der Waals surface area (Å²) in [6.07, 6.45) is 6.28. The number of nitrogens with two attached hydrogens (primary N) is 1. The van der Waals surface area contributed by atoms with Crippen LogP contribution in [0.1, 0.15) is 47.7 Å². The number of benzene rings is 1. The van der Waals surface area contributed by atoms with Crippen molar-refractivity contribution in [2.24, 2.45) is 11.7 Å². The highest BCUT2D eigenvalue weighted by Crippen LogP contribution is 2.52. The summed E-state index contributed by atoms with van der Waals surface area (Å²) >= 11 is 0. The van der Waals surface area contributed by atoms with Crippen molar-refractivity contribution in [2.75, 3.05) is 5.32 Å². The number of hydrogen-bond donors (Lipinski definition) is 2. The predicted molar refractivity (Wildman–Crippen MR) is 106 cm³/mol. The first-order valence-electron chi connectivity index (χ1n) is 9.57. The highest BCUT2D eigenvalue weighted by Gasteiger charge is 2.45. The second kappa shape index (κ2) is 6.04. The van der Waals surface area contributed by atoms with Crippen molar-refractivity contribution in [2.45, 2.75) is 38.2 Å². The third-order valence-corrected chi connectivity index (χ3v) is 5.56. The molecule has 1 unspecified atom stereocenters. The molecule has 0 spiro atoms. The third-order valence-electron chi connectivity index (χ3n) is 5.56. The van der Waals surface area contributed by atoms with E-state index in [4.69, 9.17) is 10.5 Å². The molecule has 8 nitrogen and oxygen atoms in total. The van der Waals surface area contributed by atoms with E-state index < -0.39 is 0 Å². The van der Waals surface area contributed by atoms with Gasteiger partial charge in [-0.2, -0.15) is 5.10 Å². The van der Waals surface area contributed by atoms with Crippen LogP contribution in [0.3, 0.4) is 0 Å². The Kier molecular flexibility index (Phi) is 3.68. The van der Waals surface area contributed by atoms with Gasteiger partial charge in [-0.25, -0.2) is 9.50 Å². The zero-order chi connectivity index (χ0) is 20.3. The third kappa shape index (κ3) is 3.00. The van der Waals surface area contributed by atoms with Crippen LogP contribution < -0.4 is 15.8 Å². The molecule has 29 heavy (non-hydrogen) atoms. The zero-order valence-corrected chi connectivity index (χ0v) is 16.2. The van der Waals surface area contributed by atoms with E-state index in [1.165, 1.54) is 6.20 Å². The molecule has 5 rings (SSSR count). The molecule has 2 aromatic heterocycles. The lowest BCUT2D eigenvalue weighted by atomic mass is 9.98. The van der Waals surface area contributed by atoms with E-state index >= 15 is 0 Å². The van der Waals surface area contributed by atoms with Crippen LogP contribution >= 0.6 is 0 Å². The number of nitrogens with one attached hydrogen (secondary N) is 1. The molecule has 0 bridgehead atoms. The first kappa shape index (κ1) is 17.7. The second-order valence-corrected chi connectivity index (χ2v) is 8.34. The predicted octanol–water partition coefficient (Wildman–Crippen LogP) is 2.28. The molecule has 1 aromatic carbocycles. The Hall–Kier alpha value is -3.42. The molecular formula is C21H21N5O3. The molecule has 2 aliphatic rings. The number of aromatic nitrogens is 3. The van der Waals surface area contributed by atoms with Gasteiger partial charge in [0.05, 0.1) is 6.20 Å². The zero-order valence-electron chi connectivity index (χ0n) is 16.2. The Balaban J connectivity index is 1.52. The van der Waals surface area contributed by atoms with E-state index in [9.17, 15) is 9.59 Å². The summed E-state index contributed by atoms with van der Waals surface area (Å²) in [6, 6.07) is 5.65. The Bertz CT molecular complexity index is 1170. The maximum Gasteiger partial charge on any atom is 0.261 e. The van der Waals surface area contributed by atoms with Crippen molar-refractivity contribution in [3.05, 3.63) is 53.5 Å². The molecule has 1 fully saturated rings. The summed E-state index contributed by atoms with van der Waals surface area (Å²) in [7, 11) is 0. The molecule has 0 saturated heterocycles.